The highest BCUT2D eigenvalue weighted by molar-refractivity contribution is 6.08. The molecule has 23 heavy (non-hydrogen) atoms. The van der Waals surface area contributed by atoms with E-state index in [4.69, 9.17) is 0 Å². The first kappa shape index (κ1) is 13.8. The van der Waals surface area contributed by atoms with Crippen LogP contribution in [0.2, 0.25) is 0 Å². The van der Waals surface area contributed by atoms with Gasteiger partial charge in [0, 0.05) is 47.8 Å². The molecule has 0 amide bonds. The van der Waals surface area contributed by atoms with Crippen LogP contribution in [-0.2, 0) is 6.42 Å². The zero-order chi connectivity index (χ0) is 15.5. The summed E-state index contributed by atoms with van der Waals surface area (Å²) in [5.41, 5.74) is 4.70. The molecule has 0 saturated carbocycles. The fraction of sp³-hybridized carbons (Fsp3) is 0.158. The van der Waals surface area contributed by atoms with Crippen molar-refractivity contribution >= 4 is 16.6 Å². The summed E-state index contributed by atoms with van der Waals surface area (Å²) in [4.78, 5) is 14.3. The normalized spacial score (nSPS) is 14.3. The lowest BCUT2D eigenvalue weighted by Crippen LogP contribution is -2.24. The van der Waals surface area contributed by atoms with Gasteiger partial charge < -0.3 is 9.88 Å². The van der Waals surface area contributed by atoms with E-state index in [9.17, 15) is 0 Å². The van der Waals surface area contributed by atoms with Crippen LogP contribution in [0, 0.1) is 0 Å². The van der Waals surface area contributed by atoms with Gasteiger partial charge in [-0.3, -0.25) is 9.98 Å². The molecule has 114 valence electrons. The number of H-pyrrole nitrogens is 1. The predicted octanol–water partition coefficient (Wildman–Crippen LogP) is 3.38. The van der Waals surface area contributed by atoms with E-state index in [1.54, 1.807) is 12.4 Å². The number of hydrogen-bond acceptors (Lipinski definition) is 3. The molecule has 1 N–H and O–H groups in total. The van der Waals surface area contributed by atoms with E-state index in [2.05, 4.69) is 62.6 Å². The minimum absolute atomic E-state index is 0.705. The molecule has 0 atom stereocenters. The summed E-state index contributed by atoms with van der Waals surface area (Å²) in [6.07, 6.45) is 10.9. The molecule has 4 heteroatoms. The molecule has 4 rings (SSSR count). The smallest absolute Gasteiger partial charge is 0.110 e. The Labute approximate surface area is 135 Å². The maximum absolute atomic E-state index is 4.66. The molecule has 0 bridgehead atoms. The third-order valence-corrected chi connectivity index (χ3v) is 4.19. The molecule has 4 nitrogen and oxygen atoms in total. The van der Waals surface area contributed by atoms with Crippen LogP contribution in [-0.4, -0.2) is 33.8 Å². The molecule has 0 aliphatic carbocycles. The van der Waals surface area contributed by atoms with Gasteiger partial charge in [-0.05, 0) is 36.3 Å². The Kier molecular flexibility index (Phi) is 3.64. The maximum Gasteiger partial charge on any atom is 0.110 e. The summed E-state index contributed by atoms with van der Waals surface area (Å²) in [6, 6.07) is 12.4. The Bertz CT molecular complexity index is 861. The number of aromatic amines is 1. The summed E-state index contributed by atoms with van der Waals surface area (Å²) in [5.74, 6) is 0. The second-order valence-electron chi connectivity index (χ2n) is 5.66. The third-order valence-electron chi connectivity index (χ3n) is 4.19. The van der Waals surface area contributed by atoms with Gasteiger partial charge >= 0.3 is 0 Å². The number of nitrogens with zero attached hydrogens (tertiary/aromatic N) is 3. The van der Waals surface area contributed by atoms with Crippen LogP contribution in [0.5, 0.6) is 0 Å². The van der Waals surface area contributed by atoms with Gasteiger partial charge in [0.05, 0.1) is 5.71 Å². The Balaban J connectivity index is 1.40. The number of fused-ring (bicyclic) bond motifs is 1. The van der Waals surface area contributed by atoms with Gasteiger partial charge in [0.25, 0.3) is 0 Å². The van der Waals surface area contributed by atoms with Gasteiger partial charge in [-0.25, -0.2) is 0 Å². The van der Waals surface area contributed by atoms with E-state index in [1.165, 1.54) is 16.5 Å². The predicted molar refractivity (Wildman–Crippen MR) is 93.5 cm³/mol. The largest absolute Gasteiger partial charge is 0.361 e. The number of aromatic nitrogens is 2. The van der Waals surface area contributed by atoms with Gasteiger partial charge in [-0.15, -0.1) is 0 Å². The molecule has 3 heterocycles. The number of hydrogen-bond donors (Lipinski definition) is 1. The van der Waals surface area contributed by atoms with Crippen LogP contribution in [0.3, 0.4) is 0 Å². The SMILES string of the molecule is C1=CN(CCc2c[nH]c3ccccc23)CN=C1c1ccncc1. The van der Waals surface area contributed by atoms with Crippen molar-refractivity contribution in [3.05, 3.63) is 78.4 Å². The molecular weight excluding hydrogens is 284 g/mol. The second-order valence-corrected chi connectivity index (χ2v) is 5.66. The minimum Gasteiger partial charge on any atom is -0.361 e. The van der Waals surface area contributed by atoms with E-state index in [0.29, 0.717) is 6.67 Å². The van der Waals surface area contributed by atoms with Crippen molar-refractivity contribution < 1.29 is 0 Å². The summed E-state index contributed by atoms with van der Waals surface area (Å²) in [6.45, 7) is 1.67. The van der Waals surface area contributed by atoms with Crippen molar-refractivity contribution in [3.63, 3.8) is 0 Å². The molecule has 0 saturated heterocycles. The first-order valence-electron chi connectivity index (χ1n) is 7.82. The lowest BCUT2D eigenvalue weighted by molar-refractivity contribution is 0.390. The average molecular weight is 302 g/mol. The lowest BCUT2D eigenvalue weighted by atomic mass is 10.1. The number of para-hydroxylation sites is 1. The highest BCUT2D eigenvalue weighted by atomic mass is 15.2. The average Bonchev–Trinajstić information content (AvgIpc) is 3.04. The highest BCUT2D eigenvalue weighted by Crippen LogP contribution is 2.18. The summed E-state index contributed by atoms with van der Waals surface area (Å²) in [5, 5.41) is 1.31. The third kappa shape index (κ3) is 2.88. The standard InChI is InChI=1S/C19H18N4/c1-2-4-19-17(3-1)16(13-21-19)7-11-23-12-8-18(22-14-23)15-5-9-20-10-6-15/h1-6,8-10,12-13,21H,7,11,14H2. The number of allylic oxidation sites excluding steroid dienone is 1. The molecule has 0 spiro atoms. The molecular formula is C19H18N4. The van der Waals surface area contributed by atoms with Crippen molar-refractivity contribution in [2.75, 3.05) is 13.2 Å². The quantitative estimate of drug-likeness (QED) is 0.803. The molecule has 0 unspecified atom stereocenters. The van der Waals surface area contributed by atoms with Crippen LogP contribution in [0.4, 0.5) is 0 Å². The Morgan fingerprint density at radius 1 is 1.09 bits per heavy atom. The number of rotatable bonds is 4. The Hall–Kier alpha value is -2.88. The zero-order valence-corrected chi connectivity index (χ0v) is 12.8. The van der Waals surface area contributed by atoms with E-state index in [0.717, 1.165) is 24.2 Å². The Morgan fingerprint density at radius 3 is 2.78 bits per heavy atom. The van der Waals surface area contributed by atoms with Crippen molar-refractivity contribution in [2.45, 2.75) is 6.42 Å². The van der Waals surface area contributed by atoms with Crippen LogP contribution < -0.4 is 0 Å². The molecule has 1 aromatic carbocycles. The van der Waals surface area contributed by atoms with E-state index in [1.807, 2.05) is 12.1 Å². The van der Waals surface area contributed by atoms with E-state index >= 15 is 0 Å². The van der Waals surface area contributed by atoms with Gasteiger partial charge in [0.15, 0.2) is 0 Å². The molecule has 3 aromatic rings. The fourth-order valence-electron chi connectivity index (χ4n) is 2.90. The highest BCUT2D eigenvalue weighted by Gasteiger charge is 2.09. The van der Waals surface area contributed by atoms with Gasteiger partial charge in [-0.1, -0.05) is 18.2 Å². The molecule has 0 fully saturated rings. The first-order valence-corrected chi connectivity index (χ1v) is 7.82. The molecule has 1 aliphatic rings. The van der Waals surface area contributed by atoms with E-state index in [-0.39, 0.29) is 0 Å². The first-order chi connectivity index (χ1) is 11.4. The Morgan fingerprint density at radius 2 is 1.96 bits per heavy atom. The summed E-state index contributed by atoms with van der Waals surface area (Å²) in [7, 11) is 0. The van der Waals surface area contributed by atoms with Crippen LogP contribution in [0.15, 0.2) is 72.3 Å². The number of pyridine rings is 1. The monoisotopic (exact) mass is 302 g/mol. The van der Waals surface area contributed by atoms with Crippen molar-refractivity contribution in [1.29, 1.82) is 0 Å². The number of benzene rings is 1. The topological polar surface area (TPSA) is 44.3 Å². The number of nitrogens with one attached hydrogen (secondary N) is 1. The summed E-state index contributed by atoms with van der Waals surface area (Å²) < 4.78 is 0. The van der Waals surface area contributed by atoms with Gasteiger partial charge in [-0.2, -0.15) is 0 Å². The van der Waals surface area contributed by atoms with Crippen LogP contribution in [0.1, 0.15) is 11.1 Å². The van der Waals surface area contributed by atoms with Crippen molar-refractivity contribution in [3.8, 4) is 0 Å². The zero-order valence-electron chi connectivity index (χ0n) is 12.8. The van der Waals surface area contributed by atoms with Gasteiger partial charge in [0.2, 0.25) is 0 Å². The summed E-state index contributed by atoms with van der Waals surface area (Å²) >= 11 is 0. The number of aliphatic imine (C=N–C) groups is 1. The lowest BCUT2D eigenvalue weighted by Gasteiger charge is -2.22. The molecule has 0 radical (unpaired) electrons. The van der Waals surface area contributed by atoms with E-state index < -0.39 is 0 Å². The van der Waals surface area contributed by atoms with Gasteiger partial charge in [0.1, 0.15) is 6.67 Å². The maximum atomic E-state index is 4.66. The van der Waals surface area contributed by atoms with Crippen molar-refractivity contribution in [2.24, 2.45) is 4.99 Å². The second kappa shape index (κ2) is 6.08. The molecule has 2 aromatic heterocycles. The van der Waals surface area contributed by atoms with Crippen molar-refractivity contribution in [1.82, 2.24) is 14.9 Å². The fourth-order valence-corrected chi connectivity index (χ4v) is 2.90. The molecule has 1 aliphatic heterocycles. The van der Waals surface area contributed by atoms with Crippen LogP contribution >= 0.6 is 0 Å². The minimum atomic E-state index is 0.705. The van der Waals surface area contributed by atoms with Crippen LogP contribution in [0.25, 0.3) is 10.9 Å².